The van der Waals surface area contributed by atoms with Crippen molar-refractivity contribution in [2.24, 2.45) is 0 Å². The number of methoxy groups -OCH3 is 1. The fourth-order valence-corrected chi connectivity index (χ4v) is 2.33. The molecule has 2 N–H and O–H groups in total. The van der Waals surface area contributed by atoms with Gasteiger partial charge in [-0.1, -0.05) is 0 Å². The van der Waals surface area contributed by atoms with Crippen LogP contribution in [0, 0.1) is 17.5 Å². The Balaban J connectivity index is 2.39. The number of ether oxygens (including phenoxy) is 2. The number of nitrogens with zero attached hydrogens (tertiary/aromatic N) is 1. The van der Waals surface area contributed by atoms with Crippen LogP contribution >= 0.6 is 0 Å². The normalized spacial score (nSPS) is 10.7. The van der Waals surface area contributed by atoms with Gasteiger partial charge >= 0.3 is 0 Å². The molecule has 0 bridgehead atoms. The molecule has 2 aromatic carbocycles. The Morgan fingerprint density at radius 3 is 2.42 bits per heavy atom. The number of amides is 1. The molecule has 1 amide bonds. The number of nitrogen functional groups attached to an aromatic ring is 1. The predicted molar refractivity (Wildman–Crippen MR) is 91.4 cm³/mol. The van der Waals surface area contributed by atoms with Gasteiger partial charge in [0, 0.05) is 19.7 Å². The van der Waals surface area contributed by atoms with Gasteiger partial charge in [-0.3, -0.25) is 4.79 Å². The third kappa shape index (κ3) is 4.45. The number of halogens is 3. The Morgan fingerprint density at radius 2 is 1.81 bits per heavy atom. The predicted octanol–water partition coefficient (Wildman–Crippen LogP) is 3.26. The average molecular weight is 368 g/mol. The molecule has 8 heteroatoms. The molecule has 0 unspecified atom stereocenters. The number of hydrogen-bond acceptors (Lipinski definition) is 4. The fourth-order valence-electron chi connectivity index (χ4n) is 2.33. The van der Waals surface area contributed by atoms with Crippen LogP contribution in [0.2, 0.25) is 0 Å². The molecule has 0 heterocycles. The summed E-state index contributed by atoms with van der Waals surface area (Å²) >= 11 is 0. The smallest absolute Gasteiger partial charge is 0.224 e. The summed E-state index contributed by atoms with van der Waals surface area (Å²) in [6, 6.07) is 5.89. The van der Waals surface area contributed by atoms with E-state index >= 15 is 0 Å². The zero-order chi connectivity index (χ0) is 19.3. The SMILES string of the molecule is COCCOc1ccc(F)c(F)c1CN(C(C)=O)c1ccc(F)c(N)c1. The molecule has 26 heavy (non-hydrogen) atoms. The quantitative estimate of drug-likeness (QED) is 0.602. The van der Waals surface area contributed by atoms with E-state index in [9.17, 15) is 18.0 Å². The topological polar surface area (TPSA) is 64.8 Å². The summed E-state index contributed by atoms with van der Waals surface area (Å²) in [5.41, 5.74) is 5.48. The first-order valence-corrected chi connectivity index (χ1v) is 7.77. The van der Waals surface area contributed by atoms with E-state index in [1.54, 1.807) is 0 Å². The van der Waals surface area contributed by atoms with Crippen molar-refractivity contribution in [3.05, 3.63) is 53.3 Å². The number of carbonyl (C=O) groups excluding carboxylic acids is 1. The Hall–Kier alpha value is -2.74. The summed E-state index contributed by atoms with van der Waals surface area (Å²) in [7, 11) is 1.48. The summed E-state index contributed by atoms with van der Waals surface area (Å²) in [6.45, 7) is 1.32. The highest BCUT2D eigenvalue weighted by atomic mass is 19.2. The molecule has 0 atom stereocenters. The van der Waals surface area contributed by atoms with Crippen LogP contribution in [-0.2, 0) is 16.1 Å². The van der Waals surface area contributed by atoms with Crippen molar-refractivity contribution in [2.45, 2.75) is 13.5 Å². The number of benzene rings is 2. The summed E-state index contributed by atoms with van der Waals surface area (Å²) in [4.78, 5) is 13.2. The van der Waals surface area contributed by atoms with E-state index in [-0.39, 0.29) is 42.4 Å². The van der Waals surface area contributed by atoms with Gasteiger partial charge in [0.2, 0.25) is 5.91 Å². The first-order chi connectivity index (χ1) is 12.3. The minimum atomic E-state index is -1.12. The molecule has 0 aromatic heterocycles. The van der Waals surface area contributed by atoms with Gasteiger partial charge in [0.15, 0.2) is 11.6 Å². The fraction of sp³-hybridized carbons (Fsp3) is 0.278. The maximum Gasteiger partial charge on any atom is 0.224 e. The standard InChI is InChI=1S/C18H19F3N2O3/c1-11(24)23(12-3-4-14(19)16(22)9-12)10-13-17(26-8-7-25-2)6-5-15(20)18(13)21/h3-6,9H,7-8,10,22H2,1-2H3. The first kappa shape index (κ1) is 19.6. The van der Waals surface area contributed by atoms with Crippen LogP contribution in [0.3, 0.4) is 0 Å². The van der Waals surface area contributed by atoms with E-state index in [4.69, 9.17) is 15.2 Å². The molecule has 2 rings (SSSR count). The minimum Gasteiger partial charge on any atom is -0.491 e. The van der Waals surface area contributed by atoms with Gasteiger partial charge in [0.25, 0.3) is 0 Å². The van der Waals surface area contributed by atoms with Gasteiger partial charge < -0.3 is 20.1 Å². The van der Waals surface area contributed by atoms with Gasteiger partial charge in [-0.25, -0.2) is 13.2 Å². The third-order valence-corrected chi connectivity index (χ3v) is 3.69. The molecule has 0 saturated carbocycles. The Bertz CT molecular complexity index is 799. The molecule has 0 spiro atoms. The number of anilines is 2. The second-order valence-electron chi connectivity index (χ2n) is 5.49. The molecule has 0 aliphatic rings. The molecule has 0 fully saturated rings. The summed E-state index contributed by atoms with van der Waals surface area (Å²) in [6.07, 6.45) is 0. The minimum absolute atomic E-state index is 0.0854. The summed E-state index contributed by atoms with van der Waals surface area (Å²) < 4.78 is 51.7. The van der Waals surface area contributed by atoms with Gasteiger partial charge in [-0.2, -0.15) is 0 Å². The maximum atomic E-state index is 14.3. The average Bonchev–Trinajstić information content (AvgIpc) is 2.60. The van der Waals surface area contributed by atoms with Crippen molar-refractivity contribution >= 4 is 17.3 Å². The van der Waals surface area contributed by atoms with Crippen molar-refractivity contribution in [2.75, 3.05) is 31.0 Å². The van der Waals surface area contributed by atoms with Crippen LogP contribution in [0.15, 0.2) is 30.3 Å². The lowest BCUT2D eigenvalue weighted by atomic mass is 10.1. The van der Waals surface area contributed by atoms with E-state index in [0.29, 0.717) is 0 Å². The van der Waals surface area contributed by atoms with E-state index in [1.807, 2.05) is 0 Å². The van der Waals surface area contributed by atoms with Crippen molar-refractivity contribution in [3.63, 3.8) is 0 Å². The summed E-state index contributed by atoms with van der Waals surface area (Å²) in [5.74, 6) is -3.20. The molecular formula is C18H19F3N2O3. The monoisotopic (exact) mass is 368 g/mol. The van der Waals surface area contributed by atoms with Crippen molar-refractivity contribution in [1.82, 2.24) is 0 Å². The highest BCUT2D eigenvalue weighted by Gasteiger charge is 2.21. The molecule has 0 radical (unpaired) electrons. The van der Waals surface area contributed by atoms with Crippen LogP contribution < -0.4 is 15.4 Å². The lowest BCUT2D eigenvalue weighted by Gasteiger charge is -2.23. The first-order valence-electron chi connectivity index (χ1n) is 7.77. The van der Waals surface area contributed by atoms with Crippen LogP contribution in [0.25, 0.3) is 0 Å². The van der Waals surface area contributed by atoms with Gasteiger partial charge in [0.05, 0.1) is 24.4 Å². The molecule has 2 aromatic rings. The number of rotatable bonds is 7. The third-order valence-electron chi connectivity index (χ3n) is 3.69. The van der Waals surface area contributed by atoms with E-state index in [2.05, 4.69) is 0 Å². The largest absolute Gasteiger partial charge is 0.491 e. The van der Waals surface area contributed by atoms with Gasteiger partial charge in [-0.15, -0.1) is 0 Å². The van der Waals surface area contributed by atoms with E-state index in [0.717, 1.165) is 17.0 Å². The van der Waals surface area contributed by atoms with Crippen molar-refractivity contribution < 1.29 is 27.4 Å². The highest BCUT2D eigenvalue weighted by molar-refractivity contribution is 5.92. The number of nitrogens with two attached hydrogens (primary N) is 1. The number of hydrogen-bond donors (Lipinski definition) is 1. The number of carbonyl (C=O) groups is 1. The molecule has 140 valence electrons. The van der Waals surface area contributed by atoms with Crippen LogP contribution in [-0.4, -0.2) is 26.2 Å². The lowest BCUT2D eigenvalue weighted by Crippen LogP contribution is -2.29. The Labute approximate surface area is 149 Å². The van der Waals surface area contributed by atoms with Crippen molar-refractivity contribution in [1.29, 1.82) is 0 Å². The zero-order valence-electron chi connectivity index (χ0n) is 14.4. The maximum absolute atomic E-state index is 14.3. The Kier molecular flexibility index (Phi) is 6.46. The Morgan fingerprint density at radius 1 is 1.12 bits per heavy atom. The zero-order valence-corrected chi connectivity index (χ0v) is 14.4. The molecule has 0 aliphatic heterocycles. The van der Waals surface area contributed by atoms with Gasteiger partial charge in [0.1, 0.15) is 18.2 Å². The molecular weight excluding hydrogens is 349 g/mol. The van der Waals surface area contributed by atoms with Crippen LogP contribution in [0.5, 0.6) is 5.75 Å². The second kappa shape index (κ2) is 8.57. The summed E-state index contributed by atoms with van der Waals surface area (Å²) in [5, 5.41) is 0. The highest BCUT2D eigenvalue weighted by Crippen LogP contribution is 2.29. The lowest BCUT2D eigenvalue weighted by molar-refractivity contribution is -0.116. The van der Waals surface area contributed by atoms with Crippen LogP contribution in [0.4, 0.5) is 24.5 Å². The van der Waals surface area contributed by atoms with Crippen LogP contribution in [0.1, 0.15) is 12.5 Å². The molecule has 0 aliphatic carbocycles. The van der Waals surface area contributed by atoms with E-state index < -0.39 is 23.4 Å². The molecule has 0 saturated heterocycles. The van der Waals surface area contributed by atoms with Crippen molar-refractivity contribution in [3.8, 4) is 5.75 Å². The second-order valence-corrected chi connectivity index (χ2v) is 5.49. The molecule has 5 nitrogen and oxygen atoms in total. The van der Waals surface area contributed by atoms with E-state index in [1.165, 1.54) is 32.2 Å². The van der Waals surface area contributed by atoms with Gasteiger partial charge in [-0.05, 0) is 30.3 Å².